The van der Waals surface area contributed by atoms with E-state index in [9.17, 15) is 12.8 Å². The van der Waals surface area contributed by atoms with E-state index >= 15 is 0 Å². The molecule has 0 amide bonds. The van der Waals surface area contributed by atoms with Gasteiger partial charge in [-0.1, -0.05) is 45.4 Å². The maximum Gasteiger partial charge on any atom is 0.264 e. The molecular formula is C12H25FO3S. The van der Waals surface area contributed by atoms with E-state index in [2.05, 4.69) is 11.1 Å². The molecular weight excluding hydrogens is 243 g/mol. The van der Waals surface area contributed by atoms with Gasteiger partial charge in [-0.05, 0) is 6.42 Å². The molecule has 0 N–H and O–H groups in total. The third-order valence-electron chi connectivity index (χ3n) is 2.60. The minimum Gasteiger partial charge on any atom is -0.270 e. The summed E-state index contributed by atoms with van der Waals surface area (Å²) < 4.78 is 39.0. The molecule has 0 bridgehead atoms. The van der Waals surface area contributed by atoms with E-state index in [1.165, 1.54) is 25.7 Å². The first-order chi connectivity index (χ1) is 7.95. The molecule has 0 spiro atoms. The Hall–Kier alpha value is -0.160. The molecule has 0 aliphatic carbocycles. The predicted molar refractivity (Wildman–Crippen MR) is 68.3 cm³/mol. The molecule has 0 unspecified atom stereocenters. The largest absolute Gasteiger partial charge is 0.270 e. The zero-order valence-corrected chi connectivity index (χ0v) is 11.8. The summed E-state index contributed by atoms with van der Waals surface area (Å²) >= 11 is 0. The summed E-state index contributed by atoms with van der Waals surface area (Å²) in [5, 5.41) is 0. The number of hydrogen-bond donors (Lipinski definition) is 0. The van der Waals surface area contributed by atoms with Crippen LogP contribution in [0, 0.1) is 0 Å². The fourth-order valence-electron chi connectivity index (χ4n) is 1.62. The topological polar surface area (TPSA) is 43.4 Å². The molecule has 0 aromatic heterocycles. The van der Waals surface area contributed by atoms with Crippen LogP contribution in [-0.2, 0) is 14.3 Å². The Kier molecular flexibility index (Phi) is 9.74. The van der Waals surface area contributed by atoms with Gasteiger partial charge in [-0.2, -0.15) is 8.42 Å². The molecule has 0 saturated heterocycles. The van der Waals surface area contributed by atoms with Crippen molar-refractivity contribution in [1.29, 1.82) is 0 Å². The Morgan fingerprint density at radius 1 is 1.06 bits per heavy atom. The summed E-state index contributed by atoms with van der Waals surface area (Å²) in [4.78, 5) is 0. The van der Waals surface area contributed by atoms with E-state index in [-0.39, 0.29) is 13.0 Å². The monoisotopic (exact) mass is 268 g/mol. The second-order valence-electron chi connectivity index (χ2n) is 4.47. The van der Waals surface area contributed by atoms with Gasteiger partial charge in [-0.25, -0.2) is 4.39 Å². The summed E-state index contributed by atoms with van der Waals surface area (Å²) in [6.45, 7) is 2.12. The predicted octanol–water partition coefficient (Wildman–Crippen LogP) is 3.44. The third kappa shape index (κ3) is 13.8. The SMILES string of the molecule is CCCCCCCC[C@@H](F)CCOS(C)(=O)=O. The fraction of sp³-hybridized carbons (Fsp3) is 1.00. The van der Waals surface area contributed by atoms with Crippen molar-refractivity contribution in [3.05, 3.63) is 0 Å². The zero-order chi connectivity index (χ0) is 13.1. The lowest BCUT2D eigenvalue weighted by Crippen LogP contribution is -2.09. The number of rotatable bonds is 11. The summed E-state index contributed by atoms with van der Waals surface area (Å²) in [7, 11) is -3.42. The molecule has 0 aliphatic rings. The number of hydrogen-bond acceptors (Lipinski definition) is 3. The fourth-order valence-corrected chi connectivity index (χ4v) is 2.02. The Bertz CT molecular complexity index is 265. The van der Waals surface area contributed by atoms with Crippen LogP contribution in [0.2, 0.25) is 0 Å². The van der Waals surface area contributed by atoms with Crippen LogP contribution in [0.5, 0.6) is 0 Å². The molecule has 0 aromatic carbocycles. The lowest BCUT2D eigenvalue weighted by Gasteiger charge is -2.07. The molecule has 0 saturated carbocycles. The summed E-state index contributed by atoms with van der Waals surface area (Å²) in [5.41, 5.74) is 0. The first kappa shape index (κ1) is 16.8. The van der Waals surface area contributed by atoms with Gasteiger partial charge in [0.15, 0.2) is 0 Å². The average molecular weight is 268 g/mol. The normalized spacial score (nSPS) is 13.8. The molecule has 0 heterocycles. The van der Waals surface area contributed by atoms with Crippen molar-refractivity contribution < 1.29 is 17.0 Å². The summed E-state index contributed by atoms with van der Waals surface area (Å²) in [6, 6.07) is 0. The molecule has 17 heavy (non-hydrogen) atoms. The molecule has 104 valence electrons. The standard InChI is InChI=1S/C12H25FO3S/c1-3-4-5-6-7-8-9-12(13)10-11-16-17(2,14)15/h12H,3-11H2,1-2H3/t12-/m1/s1. The number of unbranched alkanes of at least 4 members (excludes halogenated alkanes) is 5. The van der Waals surface area contributed by atoms with Gasteiger partial charge in [0.2, 0.25) is 0 Å². The van der Waals surface area contributed by atoms with Crippen LogP contribution in [-0.4, -0.2) is 27.5 Å². The van der Waals surface area contributed by atoms with E-state index in [1.807, 2.05) is 0 Å². The first-order valence-corrected chi connectivity index (χ1v) is 8.26. The van der Waals surface area contributed by atoms with E-state index in [1.54, 1.807) is 0 Å². The van der Waals surface area contributed by atoms with Gasteiger partial charge in [-0.3, -0.25) is 4.18 Å². The van der Waals surface area contributed by atoms with Gasteiger partial charge in [0, 0.05) is 6.42 Å². The van der Waals surface area contributed by atoms with Crippen LogP contribution in [0.1, 0.15) is 58.3 Å². The van der Waals surface area contributed by atoms with Gasteiger partial charge < -0.3 is 0 Å². The van der Waals surface area contributed by atoms with Crippen LogP contribution in [0.25, 0.3) is 0 Å². The summed E-state index contributed by atoms with van der Waals surface area (Å²) in [6.07, 6.45) is 7.52. The summed E-state index contributed by atoms with van der Waals surface area (Å²) in [5.74, 6) is 0. The van der Waals surface area contributed by atoms with Gasteiger partial charge in [-0.15, -0.1) is 0 Å². The van der Waals surface area contributed by atoms with Crippen LogP contribution >= 0.6 is 0 Å². The second-order valence-corrected chi connectivity index (χ2v) is 6.11. The third-order valence-corrected chi connectivity index (χ3v) is 3.19. The van der Waals surface area contributed by atoms with Gasteiger partial charge in [0.05, 0.1) is 12.9 Å². The van der Waals surface area contributed by atoms with Crippen molar-refractivity contribution in [1.82, 2.24) is 0 Å². The molecule has 3 nitrogen and oxygen atoms in total. The Morgan fingerprint density at radius 3 is 2.24 bits per heavy atom. The van der Waals surface area contributed by atoms with Crippen molar-refractivity contribution in [2.75, 3.05) is 12.9 Å². The Balaban J connectivity index is 3.32. The Labute approximate surface area is 105 Å². The molecule has 0 rings (SSSR count). The van der Waals surface area contributed by atoms with Gasteiger partial charge in [0.25, 0.3) is 10.1 Å². The van der Waals surface area contributed by atoms with Crippen LogP contribution in [0.15, 0.2) is 0 Å². The molecule has 0 aliphatic heterocycles. The van der Waals surface area contributed by atoms with E-state index < -0.39 is 16.3 Å². The second kappa shape index (κ2) is 9.83. The minimum absolute atomic E-state index is 0.0458. The van der Waals surface area contributed by atoms with Crippen molar-refractivity contribution in [2.45, 2.75) is 64.5 Å². The maximum atomic E-state index is 13.3. The molecule has 0 aromatic rings. The molecule has 0 fully saturated rings. The first-order valence-electron chi connectivity index (χ1n) is 6.44. The number of halogens is 1. The van der Waals surface area contributed by atoms with Crippen molar-refractivity contribution >= 4 is 10.1 Å². The lowest BCUT2D eigenvalue weighted by atomic mass is 10.1. The van der Waals surface area contributed by atoms with E-state index in [4.69, 9.17) is 0 Å². The molecule has 1 atom stereocenters. The van der Waals surface area contributed by atoms with Crippen molar-refractivity contribution in [3.8, 4) is 0 Å². The quantitative estimate of drug-likeness (QED) is 0.426. The highest BCUT2D eigenvalue weighted by molar-refractivity contribution is 7.85. The highest BCUT2D eigenvalue weighted by atomic mass is 32.2. The van der Waals surface area contributed by atoms with Gasteiger partial charge >= 0.3 is 0 Å². The highest BCUT2D eigenvalue weighted by Crippen LogP contribution is 2.12. The van der Waals surface area contributed by atoms with Crippen LogP contribution in [0.4, 0.5) is 4.39 Å². The maximum absolute atomic E-state index is 13.3. The van der Waals surface area contributed by atoms with Gasteiger partial charge in [0.1, 0.15) is 6.17 Å². The molecule has 5 heteroatoms. The highest BCUT2D eigenvalue weighted by Gasteiger charge is 2.08. The van der Waals surface area contributed by atoms with Crippen LogP contribution < -0.4 is 0 Å². The lowest BCUT2D eigenvalue weighted by molar-refractivity contribution is 0.227. The van der Waals surface area contributed by atoms with E-state index in [0.29, 0.717) is 6.42 Å². The molecule has 0 radical (unpaired) electrons. The average Bonchev–Trinajstić information content (AvgIpc) is 2.21. The van der Waals surface area contributed by atoms with E-state index in [0.717, 1.165) is 19.1 Å². The minimum atomic E-state index is -3.42. The number of alkyl halides is 1. The van der Waals surface area contributed by atoms with Crippen molar-refractivity contribution in [2.24, 2.45) is 0 Å². The van der Waals surface area contributed by atoms with Crippen LogP contribution in [0.3, 0.4) is 0 Å². The zero-order valence-electron chi connectivity index (χ0n) is 11.0. The smallest absolute Gasteiger partial charge is 0.264 e. The van der Waals surface area contributed by atoms with Crippen molar-refractivity contribution in [3.63, 3.8) is 0 Å². The Morgan fingerprint density at radius 2 is 1.65 bits per heavy atom.